The zero-order valence-corrected chi connectivity index (χ0v) is 6.56. The number of hydrogen-bond acceptors (Lipinski definition) is 0. The molecule has 0 heterocycles. The van der Waals surface area contributed by atoms with Crippen molar-refractivity contribution in [3.05, 3.63) is 24.8 Å². The zero-order valence-electron chi connectivity index (χ0n) is 5.81. The SMILES string of the molecule is C=C/C=C\CC(Cl)CC. The molecule has 0 saturated heterocycles. The molecule has 0 N–H and O–H groups in total. The van der Waals surface area contributed by atoms with Gasteiger partial charge in [0.05, 0.1) is 0 Å². The van der Waals surface area contributed by atoms with Crippen molar-refractivity contribution in [2.45, 2.75) is 25.1 Å². The Balaban J connectivity index is 3.25. The third-order valence-electron chi connectivity index (χ3n) is 1.11. The summed E-state index contributed by atoms with van der Waals surface area (Å²) in [5.41, 5.74) is 0. The molecule has 0 aliphatic heterocycles. The first-order valence-electron chi connectivity index (χ1n) is 3.22. The fraction of sp³-hybridized carbons (Fsp3) is 0.500. The molecule has 1 heteroatoms. The maximum atomic E-state index is 5.82. The molecule has 9 heavy (non-hydrogen) atoms. The van der Waals surface area contributed by atoms with Crippen molar-refractivity contribution >= 4 is 11.6 Å². The van der Waals surface area contributed by atoms with Crippen molar-refractivity contribution in [2.75, 3.05) is 0 Å². The van der Waals surface area contributed by atoms with Gasteiger partial charge in [0.15, 0.2) is 0 Å². The lowest BCUT2D eigenvalue weighted by atomic mass is 10.2. The standard InChI is InChI=1S/C8H13Cl/c1-3-5-6-7-8(9)4-2/h3,5-6,8H,1,4,7H2,2H3/b6-5-. The quantitative estimate of drug-likeness (QED) is 0.420. The molecule has 1 unspecified atom stereocenters. The fourth-order valence-corrected chi connectivity index (χ4v) is 0.592. The maximum absolute atomic E-state index is 5.82. The lowest BCUT2D eigenvalue weighted by Crippen LogP contribution is -1.91. The molecule has 0 nitrogen and oxygen atoms in total. The average Bonchev–Trinajstić information content (AvgIpc) is 1.89. The molecule has 0 aliphatic rings. The van der Waals surface area contributed by atoms with Crippen LogP contribution in [-0.2, 0) is 0 Å². The van der Waals surface area contributed by atoms with Gasteiger partial charge in [0.1, 0.15) is 0 Å². The van der Waals surface area contributed by atoms with Crippen LogP contribution in [0.15, 0.2) is 24.8 Å². The molecule has 0 amide bonds. The van der Waals surface area contributed by atoms with Gasteiger partial charge >= 0.3 is 0 Å². The summed E-state index contributed by atoms with van der Waals surface area (Å²) < 4.78 is 0. The molecule has 0 radical (unpaired) electrons. The van der Waals surface area contributed by atoms with Gasteiger partial charge in [-0.25, -0.2) is 0 Å². The smallest absolute Gasteiger partial charge is 0.0368 e. The van der Waals surface area contributed by atoms with E-state index in [4.69, 9.17) is 11.6 Å². The van der Waals surface area contributed by atoms with E-state index in [2.05, 4.69) is 13.5 Å². The van der Waals surface area contributed by atoms with Crippen LogP contribution in [0.5, 0.6) is 0 Å². The topological polar surface area (TPSA) is 0 Å². The normalized spacial score (nSPS) is 14.0. The minimum Gasteiger partial charge on any atom is -0.123 e. The Kier molecular flexibility index (Phi) is 5.75. The Labute approximate surface area is 62.2 Å². The summed E-state index contributed by atoms with van der Waals surface area (Å²) in [5, 5.41) is 0.293. The van der Waals surface area contributed by atoms with E-state index in [1.54, 1.807) is 6.08 Å². The van der Waals surface area contributed by atoms with E-state index in [9.17, 15) is 0 Å². The highest BCUT2D eigenvalue weighted by Gasteiger charge is 1.94. The van der Waals surface area contributed by atoms with E-state index in [1.165, 1.54) is 0 Å². The number of halogens is 1. The monoisotopic (exact) mass is 144 g/mol. The Morgan fingerprint density at radius 1 is 1.67 bits per heavy atom. The molecule has 52 valence electrons. The second-order valence-electron chi connectivity index (χ2n) is 1.91. The summed E-state index contributed by atoms with van der Waals surface area (Å²) in [6, 6.07) is 0. The van der Waals surface area contributed by atoms with Crippen LogP contribution >= 0.6 is 11.6 Å². The lowest BCUT2D eigenvalue weighted by molar-refractivity contribution is 0.825. The van der Waals surface area contributed by atoms with Gasteiger partial charge in [0, 0.05) is 5.38 Å². The van der Waals surface area contributed by atoms with Crippen molar-refractivity contribution in [3.8, 4) is 0 Å². The predicted octanol–water partition coefficient (Wildman–Crippen LogP) is 3.14. The molecule has 0 spiro atoms. The number of rotatable bonds is 4. The molecule has 0 fully saturated rings. The molecule has 0 rings (SSSR count). The van der Waals surface area contributed by atoms with Crippen molar-refractivity contribution in [1.82, 2.24) is 0 Å². The Morgan fingerprint density at radius 2 is 2.33 bits per heavy atom. The molecular weight excluding hydrogens is 132 g/mol. The Morgan fingerprint density at radius 3 is 2.78 bits per heavy atom. The highest BCUT2D eigenvalue weighted by atomic mass is 35.5. The molecule has 0 aromatic rings. The fourth-order valence-electron chi connectivity index (χ4n) is 0.489. The van der Waals surface area contributed by atoms with Gasteiger partial charge in [-0.2, -0.15) is 0 Å². The summed E-state index contributed by atoms with van der Waals surface area (Å²) in [4.78, 5) is 0. The summed E-state index contributed by atoms with van der Waals surface area (Å²) >= 11 is 5.82. The van der Waals surface area contributed by atoms with Crippen LogP contribution in [0.2, 0.25) is 0 Å². The third kappa shape index (κ3) is 5.64. The molecule has 0 bridgehead atoms. The molecule has 0 aromatic heterocycles. The summed E-state index contributed by atoms with van der Waals surface area (Å²) in [7, 11) is 0. The first kappa shape index (κ1) is 8.77. The molecule has 0 saturated carbocycles. The minimum absolute atomic E-state index is 0.293. The van der Waals surface area contributed by atoms with E-state index in [-0.39, 0.29) is 0 Å². The lowest BCUT2D eigenvalue weighted by Gasteiger charge is -1.98. The second kappa shape index (κ2) is 5.90. The number of allylic oxidation sites excluding steroid dienone is 3. The van der Waals surface area contributed by atoms with Crippen LogP contribution in [-0.4, -0.2) is 5.38 Å². The van der Waals surface area contributed by atoms with Gasteiger partial charge in [-0.3, -0.25) is 0 Å². The van der Waals surface area contributed by atoms with Crippen molar-refractivity contribution in [2.24, 2.45) is 0 Å². The highest BCUT2D eigenvalue weighted by molar-refractivity contribution is 6.20. The summed E-state index contributed by atoms with van der Waals surface area (Å²) in [6.45, 7) is 5.64. The molecule has 0 aliphatic carbocycles. The van der Waals surface area contributed by atoms with E-state index in [0.29, 0.717) is 5.38 Å². The van der Waals surface area contributed by atoms with Crippen molar-refractivity contribution in [1.29, 1.82) is 0 Å². The first-order valence-corrected chi connectivity index (χ1v) is 3.66. The highest BCUT2D eigenvalue weighted by Crippen LogP contribution is 2.06. The Bertz CT molecular complexity index is 94.7. The van der Waals surface area contributed by atoms with Gasteiger partial charge in [0.25, 0.3) is 0 Å². The maximum Gasteiger partial charge on any atom is 0.0368 e. The van der Waals surface area contributed by atoms with Gasteiger partial charge in [-0.05, 0) is 12.8 Å². The number of hydrogen-bond donors (Lipinski definition) is 0. The van der Waals surface area contributed by atoms with E-state index >= 15 is 0 Å². The van der Waals surface area contributed by atoms with Gasteiger partial charge in [0.2, 0.25) is 0 Å². The first-order chi connectivity index (χ1) is 4.31. The minimum atomic E-state index is 0.293. The van der Waals surface area contributed by atoms with Gasteiger partial charge in [-0.1, -0.05) is 31.7 Å². The number of alkyl halides is 1. The van der Waals surface area contributed by atoms with E-state index in [1.807, 2.05) is 12.2 Å². The molecular formula is C8H13Cl. The van der Waals surface area contributed by atoms with Gasteiger partial charge in [-0.15, -0.1) is 11.6 Å². The van der Waals surface area contributed by atoms with E-state index in [0.717, 1.165) is 12.8 Å². The van der Waals surface area contributed by atoms with Gasteiger partial charge < -0.3 is 0 Å². The van der Waals surface area contributed by atoms with Crippen LogP contribution in [0.25, 0.3) is 0 Å². The van der Waals surface area contributed by atoms with Crippen LogP contribution < -0.4 is 0 Å². The third-order valence-corrected chi connectivity index (χ3v) is 1.59. The van der Waals surface area contributed by atoms with Crippen molar-refractivity contribution < 1.29 is 0 Å². The van der Waals surface area contributed by atoms with Crippen LogP contribution in [0.1, 0.15) is 19.8 Å². The largest absolute Gasteiger partial charge is 0.123 e. The van der Waals surface area contributed by atoms with Crippen LogP contribution in [0, 0.1) is 0 Å². The van der Waals surface area contributed by atoms with Crippen LogP contribution in [0.3, 0.4) is 0 Å². The van der Waals surface area contributed by atoms with E-state index < -0.39 is 0 Å². The zero-order chi connectivity index (χ0) is 7.11. The average molecular weight is 145 g/mol. The molecule has 0 aromatic carbocycles. The summed E-state index contributed by atoms with van der Waals surface area (Å²) in [5.74, 6) is 0. The van der Waals surface area contributed by atoms with Crippen molar-refractivity contribution in [3.63, 3.8) is 0 Å². The summed E-state index contributed by atoms with van der Waals surface area (Å²) in [6.07, 6.45) is 7.70. The Hall–Kier alpha value is -0.230. The molecule has 1 atom stereocenters. The van der Waals surface area contributed by atoms with Crippen LogP contribution in [0.4, 0.5) is 0 Å². The second-order valence-corrected chi connectivity index (χ2v) is 2.52. The predicted molar refractivity (Wildman–Crippen MR) is 43.9 cm³/mol.